The highest BCUT2D eigenvalue weighted by Crippen LogP contribution is 2.44. The maximum Gasteiger partial charge on any atom is -0.0114 e. The normalized spacial score (nSPS) is 17.0. The minimum atomic E-state index is 1.27. The Morgan fingerprint density at radius 3 is 1.12 bits per heavy atom. The van der Waals surface area contributed by atoms with E-state index in [0.717, 1.165) is 0 Å². The quantitative estimate of drug-likeness (QED) is 0.537. The van der Waals surface area contributed by atoms with Crippen molar-refractivity contribution in [2.75, 3.05) is 0 Å². The number of rotatable bonds is 3. The summed E-state index contributed by atoms with van der Waals surface area (Å²) in [6.07, 6.45) is 10.5. The largest absolute Gasteiger partial charge is 0.0617 e. The maximum atomic E-state index is 2.35. The van der Waals surface area contributed by atoms with Crippen molar-refractivity contribution in [1.29, 1.82) is 0 Å². The Morgan fingerprint density at radius 1 is 0.500 bits per heavy atom. The first-order valence-corrected chi connectivity index (χ1v) is 10.3. The molecular formula is C26H30. The Labute approximate surface area is 158 Å². The molecule has 2 aromatic rings. The zero-order valence-corrected chi connectivity index (χ0v) is 16.3. The first-order chi connectivity index (χ1) is 12.7. The molecule has 0 atom stereocenters. The Kier molecular flexibility index (Phi) is 5.11. The minimum absolute atomic E-state index is 1.27. The van der Waals surface area contributed by atoms with E-state index < -0.39 is 0 Å². The van der Waals surface area contributed by atoms with Gasteiger partial charge in [0.25, 0.3) is 0 Å². The average molecular weight is 343 g/mol. The summed E-state index contributed by atoms with van der Waals surface area (Å²) >= 11 is 0. The summed E-state index contributed by atoms with van der Waals surface area (Å²) in [5.74, 6) is 0. The van der Waals surface area contributed by atoms with Gasteiger partial charge in [-0.3, -0.25) is 0 Å². The number of hydrogen-bond donors (Lipinski definition) is 0. The average Bonchev–Trinajstić information content (AvgIpc) is 3.36. The van der Waals surface area contributed by atoms with Crippen LogP contribution in [0.3, 0.4) is 0 Å². The van der Waals surface area contributed by atoms with Gasteiger partial charge in [0.2, 0.25) is 0 Å². The van der Waals surface area contributed by atoms with Gasteiger partial charge in [0.15, 0.2) is 0 Å². The highest BCUT2D eigenvalue weighted by molar-refractivity contribution is 6.07. The van der Waals surface area contributed by atoms with Crippen molar-refractivity contribution in [3.05, 3.63) is 81.9 Å². The van der Waals surface area contributed by atoms with Crippen molar-refractivity contribution in [1.82, 2.24) is 0 Å². The molecule has 2 aromatic carbocycles. The summed E-state index contributed by atoms with van der Waals surface area (Å²) in [5.41, 5.74) is 12.0. The molecule has 26 heavy (non-hydrogen) atoms. The predicted octanol–water partition coefficient (Wildman–Crippen LogP) is 7.66. The Bertz CT molecular complexity index is 739. The fraction of sp³-hybridized carbons (Fsp3) is 0.385. The van der Waals surface area contributed by atoms with Gasteiger partial charge in [-0.2, -0.15) is 0 Å². The molecule has 0 aliphatic heterocycles. The minimum Gasteiger partial charge on any atom is -0.0617 e. The second-order valence-corrected chi connectivity index (χ2v) is 8.10. The van der Waals surface area contributed by atoms with Gasteiger partial charge in [0.1, 0.15) is 0 Å². The van der Waals surface area contributed by atoms with Crippen molar-refractivity contribution >= 4 is 11.1 Å². The van der Waals surface area contributed by atoms with E-state index in [-0.39, 0.29) is 0 Å². The van der Waals surface area contributed by atoms with E-state index >= 15 is 0 Å². The first-order valence-electron chi connectivity index (χ1n) is 10.3. The smallest absolute Gasteiger partial charge is 0.0114 e. The Balaban J connectivity index is 1.93. The van der Waals surface area contributed by atoms with Crippen LogP contribution in [0.25, 0.3) is 11.1 Å². The van der Waals surface area contributed by atoms with E-state index in [9.17, 15) is 0 Å². The van der Waals surface area contributed by atoms with Crippen molar-refractivity contribution < 1.29 is 0 Å². The van der Waals surface area contributed by atoms with Gasteiger partial charge >= 0.3 is 0 Å². The van der Waals surface area contributed by atoms with Gasteiger partial charge in [-0.1, -0.05) is 70.8 Å². The summed E-state index contributed by atoms with van der Waals surface area (Å²) in [6, 6.07) is 18.5. The molecule has 0 unspecified atom stereocenters. The second kappa shape index (κ2) is 7.66. The maximum absolute atomic E-state index is 2.35. The van der Waals surface area contributed by atoms with Crippen LogP contribution in [0.2, 0.25) is 0 Å². The topological polar surface area (TPSA) is 0 Å². The molecule has 4 rings (SSSR count). The monoisotopic (exact) mass is 342 g/mol. The lowest BCUT2D eigenvalue weighted by molar-refractivity contribution is 0.886. The molecule has 0 aromatic heterocycles. The van der Waals surface area contributed by atoms with Crippen molar-refractivity contribution in [3.8, 4) is 0 Å². The third-order valence-electron chi connectivity index (χ3n) is 6.05. The number of benzene rings is 2. The van der Waals surface area contributed by atoms with E-state index in [2.05, 4.69) is 62.4 Å². The van der Waals surface area contributed by atoms with E-state index in [1.165, 1.54) is 73.6 Å². The van der Waals surface area contributed by atoms with Crippen LogP contribution in [-0.2, 0) is 0 Å². The molecule has 0 amide bonds. The zero-order valence-electron chi connectivity index (χ0n) is 16.3. The molecule has 2 saturated carbocycles. The van der Waals surface area contributed by atoms with Gasteiger partial charge in [-0.05, 0) is 87.5 Å². The summed E-state index contributed by atoms with van der Waals surface area (Å²) in [5, 5.41) is 0. The van der Waals surface area contributed by atoms with Gasteiger partial charge in [0, 0.05) is 0 Å². The van der Waals surface area contributed by atoms with Gasteiger partial charge in [0.05, 0.1) is 0 Å². The van der Waals surface area contributed by atoms with Crippen LogP contribution in [0.4, 0.5) is 0 Å². The lowest BCUT2D eigenvalue weighted by Gasteiger charge is -2.20. The summed E-state index contributed by atoms with van der Waals surface area (Å²) in [4.78, 5) is 0. The fourth-order valence-electron chi connectivity index (χ4n) is 4.59. The van der Waals surface area contributed by atoms with E-state index in [1.807, 2.05) is 0 Å². The van der Waals surface area contributed by atoms with Crippen LogP contribution in [0.1, 0.15) is 73.6 Å². The van der Waals surface area contributed by atoms with Crippen molar-refractivity contribution in [2.24, 2.45) is 0 Å². The molecule has 0 saturated heterocycles. The molecule has 134 valence electrons. The summed E-state index contributed by atoms with van der Waals surface area (Å²) < 4.78 is 0. The molecule has 0 N–H and O–H groups in total. The van der Waals surface area contributed by atoms with Crippen LogP contribution in [0.5, 0.6) is 0 Å². The molecule has 0 nitrogen and oxygen atoms in total. The van der Waals surface area contributed by atoms with E-state index in [4.69, 9.17) is 0 Å². The molecule has 0 heterocycles. The molecule has 0 spiro atoms. The Hall–Kier alpha value is -2.08. The number of hydrogen-bond acceptors (Lipinski definition) is 0. The van der Waals surface area contributed by atoms with Crippen LogP contribution in [-0.4, -0.2) is 0 Å². The zero-order chi connectivity index (χ0) is 17.9. The summed E-state index contributed by atoms with van der Waals surface area (Å²) in [6.45, 7) is 4.37. The van der Waals surface area contributed by atoms with Crippen molar-refractivity contribution in [3.63, 3.8) is 0 Å². The van der Waals surface area contributed by atoms with Gasteiger partial charge in [-0.15, -0.1) is 0 Å². The lowest BCUT2D eigenvalue weighted by Crippen LogP contribution is -1.98. The third-order valence-corrected chi connectivity index (χ3v) is 6.05. The molecule has 0 heteroatoms. The standard InChI is InChI=1S/C26H30/c1-19-11-15-23(16-12-19)25(21-7-3-4-8-21)26(22-9-5-6-10-22)24-17-13-20(2)14-18-24/h11-18H,3-10H2,1-2H3. The van der Waals surface area contributed by atoms with Crippen LogP contribution >= 0.6 is 0 Å². The van der Waals surface area contributed by atoms with E-state index in [0.29, 0.717) is 0 Å². The van der Waals surface area contributed by atoms with Crippen LogP contribution in [0.15, 0.2) is 59.7 Å². The van der Waals surface area contributed by atoms with Gasteiger partial charge < -0.3 is 0 Å². The third kappa shape index (κ3) is 3.56. The first kappa shape index (κ1) is 17.3. The van der Waals surface area contributed by atoms with Crippen LogP contribution < -0.4 is 0 Å². The second-order valence-electron chi connectivity index (χ2n) is 8.10. The molecule has 2 aliphatic rings. The van der Waals surface area contributed by atoms with Crippen molar-refractivity contribution in [2.45, 2.75) is 65.2 Å². The SMILES string of the molecule is Cc1ccc(C(=C2CCCC2)C(=C2CCCC2)c2ccc(C)cc2)cc1. The lowest BCUT2D eigenvalue weighted by atomic mass is 9.84. The van der Waals surface area contributed by atoms with E-state index in [1.54, 1.807) is 22.3 Å². The fourth-order valence-corrected chi connectivity index (χ4v) is 4.59. The summed E-state index contributed by atoms with van der Waals surface area (Å²) in [7, 11) is 0. The van der Waals surface area contributed by atoms with Gasteiger partial charge in [-0.25, -0.2) is 0 Å². The molecular weight excluding hydrogens is 312 g/mol. The predicted molar refractivity (Wildman–Crippen MR) is 113 cm³/mol. The molecule has 0 bridgehead atoms. The number of allylic oxidation sites excluding steroid dienone is 4. The highest BCUT2D eigenvalue weighted by atomic mass is 14.3. The van der Waals surface area contributed by atoms with Crippen LogP contribution in [0, 0.1) is 13.8 Å². The highest BCUT2D eigenvalue weighted by Gasteiger charge is 2.23. The Morgan fingerprint density at radius 2 is 0.808 bits per heavy atom. The number of aryl methyl sites for hydroxylation is 2. The molecule has 2 aliphatic carbocycles. The molecule has 0 radical (unpaired) electrons. The molecule has 2 fully saturated rings.